The zero-order valence-electron chi connectivity index (χ0n) is 15.4. The normalized spacial score (nSPS) is 16.0. The molecule has 146 valence electrons. The average molecular weight is 409 g/mol. The van der Waals surface area contributed by atoms with Crippen LogP contribution in [-0.4, -0.2) is 23.3 Å². The maximum Gasteiger partial charge on any atom is 0.244 e. The molecule has 29 heavy (non-hydrogen) atoms. The van der Waals surface area contributed by atoms with E-state index in [-0.39, 0.29) is 30.6 Å². The molecule has 0 unspecified atom stereocenters. The molecule has 0 saturated heterocycles. The van der Waals surface area contributed by atoms with Crippen LogP contribution in [-0.2, 0) is 16.0 Å². The predicted octanol–water partition coefficient (Wildman–Crippen LogP) is 4.59. The van der Waals surface area contributed by atoms with E-state index in [0.29, 0.717) is 21.8 Å². The van der Waals surface area contributed by atoms with Crippen molar-refractivity contribution in [3.8, 4) is 0 Å². The molecule has 0 aromatic heterocycles. The van der Waals surface area contributed by atoms with Crippen molar-refractivity contribution < 1.29 is 14.0 Å². The number of carbonyl (C=O) groups excluding carboxylic acids is 2. The minimum absolute atomic E-state index is 0.111. The third-order valence-electron chi connectivity index (χ3n) is 4.91. The van der Waals surface area contributed by atoms with Gasteiger partial charge in [-0.05, 0) is 41.5 Å². The van der Waals surface area contributed by atoms with Crippen LogP contribution >= 0.6 is 11.6 Å². The SMILES string of the molecule is O=C1CN(C(=O)Cc2ccccc2)[C@H](c2ccc(F)cc2)c2cc(Cl)ccc2N1. The predicted molar refractivity (Wildman–Crippen MR) is 110 cm³/mol. The molecule has 0 radical (unpaired) electrons. The van der Waals surface area contributed by atoms with Gasteiger partial charge in [0.2, 0.25) is 11.8 Å². The van der Waals surface area contributed by atoms with Crippen molar-refractivity contribution in [2.24, 2.45) is 0 Å². The highest BCUT2D eigenvalue weighted by Crippen LogP contribution is 2.37. The third-order valence-corrected chi connectivity index (χ3v) is 5.15. The summed E-state index contributed by atoms with van der Waals surface area (Å²) < 4.78 is 13.5. The van der Waals surface area contributed by atoms with Crippen LogP contribution in [0.1, 0.15) is 22.7 Å². The lowest BCUT2D eigenvalue weighted by molar-refractivity contribution is -0.135. The first kappa shape index (κ1) is 19.2. The van der Waals surface area contributed by atoms with Crippen molar-refractivity contribution in [2.45, 2.75) is 12.5 Å². The number of benzene rings is 3. The van der Waals surface area contributed by atoms with E-state index in [9.17, 15) is 14.0 Å². The highest BCUT2D eigenvalue weighted by atomic mass is 35.5. The molecule has 1 aliphatic rings. The van der Waals surface area contributed by atoms with E-state index in [4.69, 9.17) is 11.6 Å². The standard InChI is InChI=1S/C23H18ClFN2O2/c24-17-8-11-20-19(13-17)23(16-6-9-18(25)10-7-16)27(14-21(28)26-20)22(29)12-15-4-2-1-3-5-15/h1-11,13,23H,12,14H2,(H,26,28)/t23-/m1/s1. The fourth-order valence-corrected chi connectivity index (χ4v) is 3.77. The summed E-state index contributed by atoms with van der Waals surface area (Å²) in [5.74, 6) is -0.863. The number of hydrogen-bond donors (Lipinski definition) is 1. The second-order valence-electron chi connectivity index (χ2n) is 6.92. The number of halogens is 2. The van der Waals surface area contributed by atoms with E-state index >= 15 is 0 Å². The van der Waals surface area contributed by atoms with E-state index in [2.05, 4.69) is 5.32 Å². The Morgan fingerprint density at radius 1 is 1.07 bits per heavy atom. The minimum Gasteiger partial charge on any atom is -0.324 e. The lowest BCUT2D eigenvalue weighted by atomic mass is 9.95. The lowest BCUT2D eigenvalue weighted by Gasteiger charge is -2.31. The monoisotopic (exact) mass is 408 g/mol. The lowest BCUT2D eigenvalue weighted by Crippen LogP contribution is -2.39. The number of nitrogens with one attached hydrogen (secondary N) is 1. The van der Waals surface area contributed by atoms with Gasteiger partial charge in [0.05, 0.1) is 12.5 Å². The van der Waals surface area contributed by atoms with Gasteiger partial charge in [-0.3, -0.25) is 9.59 Å². The van der Waals surface area contributed by atoms with Gasteiger partial charge in [0, 0.05) is 16.3 Å². The van der Waals surface area contributed by atoms with Crippen molar-refractivity contribution in [1.29, 1.82) is 0 Å². The summed E-state index contributed by atoms with van der Waals surface area (Å²) in [4.78, 5) is 27.3. The summed E-state index contributed by atoms with van der Waals surface area (Å²) in [7, 11) is 0. The van der Waals surface area contributed by atoms with E-state index in [1.807, 2.05) is 30.3 Å². The minimum atomic E-state index is -0.570. The number of nitrogens with zero attached hydrogens (tertiary/aromatic N) is 1. The topological polar surface area (TPSA) is 49.4 Å². The maximum absolute atomic E-state index is 13.5. The molecule has 2 amide bonds. The van der Waals surface area contributed by atoms with Crippen molar-refractivity contribution in [1.82, 2.24) is 4.90 Å². The van der Waals surface area contributed by atoms with Crippen molar-refractivity contribution in [3.63, 3.8) is 0 Å². The number of anilines is 1. The van der Waals surface area contributed by atoms with Crippen LogP contribution in [0.5, 0.6) is 0 Å². The first-order valence-electron chi connectivity index (χ1n) is 9.19. The molecule has 0 saturated carbocycles. The van der Waals surface area contributed by atoms with Gasteiger partial charge in [-0.15, -0.1) is 0 Å². The largest absolute Gasteiger partial charge is 0.324 e. The van der Waals surface area contributed by atoms with Crippen molar-refractivity contribution in [2.75, 3.05) is 11.9 Å². The van der Waals surface area contributed by atoms with Crippen LogP contribution < -0.4 is 5.32 Å². The fourth-order valence-electron chi connectivity index (χ4n) is 3.59. The summed E-state index contributed by atoms with van der Waals surface area (Å²) >= 11 is 6.23. The van der Waals surface area contributed by atoms with Crippen molar-refractivity contribution in [3.05, 3.63) is 100 Å². The van der Waals surface area contributed by atoms with Crippen LogP contribution in [0.2, 0.25) is 5.02 Å². The number of amides is 2. The number of fused-ring (bicyclic) bond motifs is 1. The molecule has 1 atom stereocenters. The van der Waals surface area contributed by atoms with Crippen LogP contribution in [0.3, 0.4) is 0 Å². The molecule has 1 N–H and O–H groups in total. The molecule has 3 aromatic rings. The van der Waals surface area contributed by atoms with Gasteiger partial charge in [-0.2, -0.15) is 0 Å². The molecule has 0 bridgehead atoms. The Morgan fingerprint density at radius 2 is 1.79 bits per heavy atom. The molecule has 0 aliphatic carbocycles. The molecule has 4 rings (SSSR count). The van der Waals surface area contributed by atoms with Crippen LogP contribution in [0.25, 0.3) is 0 Å². The summed E-state index contributed by atoms with van der Waals surface area (Å²) in [5, 5.41) is 3.33. The Bertz CT molecular complexity index is 1050. The number of carbonyl (C=O) groups is 2. The Morgan fingerprint density at radius 3 is 2.52 bits per heavy atom. The highest BCUT2D eigenvalue weighted by molar-refractivity contribution is 6.30. The molecule has 1 heterocycles. The van der Waals surface area contributed by atoms with Gasteiger partial charge in [-0.25, -0.2) is 4.39 Å². The Kier molecular flexibility index (Phi) is 5.32. The van der Waals surface area contributed by atoms with Crippen LogP contribution in [0, 0.1) is 5.82 Å². The maximum atomic E-state index is 13.5. The third kappa shape index (κ3) is 4.15. The Hall–Kier alpha value is -3.18. The first-order valence-corrected chi connectivity index (χ1v) is 9.57. The Labute approximate surface area is 172 Å². The summed E-state index contributed by atoms with van der Waals surface area (Å²) in [6.45, 7) is -0.111. The molecular formula is C23H18ClFN2O2. The molecule has 0 spiro atoms. The molecule has 1 aliphatic heterocycles. The Balaban J connectivity index is 1.81. The molecule has 6 heteroatoms. The van der Waals surface area contributed by atoms with Gasteiger partial charge in [0.25, 0.3) is 0 Å². The molecule has 0 fully saturated rings. The van der Waals surface area contributed by atoms with Crippen LogP contribution in [0.15, 0.2) is 72.8 Å². The van der Waals surface area contributed by atoms with E-state index in [1.54, 1.807) is 30.3 Å². The van der Waals surface area contributed by atoms with E-state index in [0.717, 1.165) is 5.56 Å². The van der Waals surface area contributed by atoms with E-state index < -0.39 is 6.04 Å². The number of rotatable bonds is 3. The average Bonchev–Trinajstić information content (AvgIpc) is 2.85. The van der Waals surface area contributed by atoms with Gasteiger partial charge >= 0.3 is 0 Å². The smallest absolute Gasteiger partial charge is 0.244 e. The zero-order valence-corrected chi connectivity index (χ0v) is 16.2. The summed E-state index contributed by atoms with van der Waals surface area (Å²) in [5.41, 5.74) is 2.83. The van der Waals surface area contributed by atoms with Gasteiger partial charge < -0.3 is 10.2 Å². The van der Waals surface area contributed by atoms with Gasteiger partial charge in [0.15, 0.2) is 0 Å². The first-order chi connectivity index (χ1) is 14.0. The highest BCUT2D eigenvalue weighted by Gasteiger charge is 2.33. The van der Waals surface area contributed by atoms with Crippen LogP contribution in [0.4, 0.5) is 10.1 Å². The van der Waals surface area contributed by atoms with Gasteiger partial charge in [-0.1, -0.05) is 54.1 Å². The van der Waals surface area contributed by atoms with Gasteiger partial charge in [0.1, 0.15) is 12.4 Å². The zero-order chi connectivity index (χ0) is 20.4. The summed E-state index contributed by atoms with van der Waals surface area (Å²) in [6, 6.07) is 19.9. The van der Waals surface area contributed by atoms with Crippen molar-refractivity contribution >= 4 is 29.1 Å². The molecule has 4 nitrogen and oxygen atoms in total. The fraction of sp³-hybridized carbons (Fsp3) is 0.130. The number of hydrogen-bond acceptors (Lipinski definition) is 2. The second kappa shape index (κ2) is 8.05. The van der Waals surface area contributed by atoms with E-state index in [1.165, 1.54) is 17.0 Å². The summed E-state index contributed by atoms with van der Waals surface area (Å²) in [6.07, 6.45) is 0.154. The quantitative estimate of drug-likeness (QED) is 0.689. The molecular weight excluding hydrogens is 391 g/mol. The second-order valence-corrected chi connectivity index (χ2v) is 7.35. The molecule has 3 aromatic carbocycles.